The van der Waals surface area contributed by atoms with Crippen molar-refractivity contribution in [2.45, 2.75) is 32.4 Å². The average Bonchev–Trinajstić information content (AvgIpc) is 2.90. The number of benzene rings is 1. The number of alkyl carbamates (subject to hydrolysis) is 1. The molecule has 1 aliphatic heterocycles. The van der Waals surface area contributed by atoms with Crippen LogP contribution in [0.4, 0.5) is 4.79 Å². The molecule has 1 aromatic carbocycles. The molecule has 0 aromatic heterocycles. The minimum absolute atomic E-state index is 0.00202. The van der Waals surface area contributed by atoms with E-state index >= 15 is 0 Å². The first-order valence-electron chi connectivity index (χ1n) is 6.91. The van der Waals surface area contributed by atoms with Gasteiger partial charge >= 0.3 is 6.09 Å². The van der Waals surface area contributed by atoms with Gasteiger partial charge < -0.3 is 15.0 Å². The summed E-state index contributed by atoms with van der Waals surface area (Å²) in [4.78, 5) is 25.2. The fourth-order valence-electron chi connectivity index (χ4n) is 2.33. The summed E-state index contributed by atoms with van der Waals surface area (Å²) in [5.74, 6) is -0.0494. The van der Waals surface area contributed by atoms with E-state index < -0.39 is 6.09 Å². The Balaban J connectivity index is 1.68. The summed E-state index contributed by atoms with van der Waals surface area (Å²) in [6.07, 6.45) is 1.50. The van der Waals surface area contributed by atoms with Gasteiger partial charge in [-0.05, 0) is 25.3 Å². The summed E-state index contributed by atoms with van der Waals surface area (Å²) < 4.78 is 5.05. The molecule has 0 bridgehead atoms. The zero-order valence-electron chi connectivity index (χ0n) is 11.7. The molecule has 0 radical (unpaired) electrons. The van der Waals surface area contributed by atoms with Crippen LogP contribution in [0.1, 0.15) is 25.3 Å². The maximum absolute atomic E-state index is 11.9. The highest BCUT2D eigenvalue weighted by Crippen LogP contribution is 2.15. The van der Waals surface area contributed by atoms with Crippen LogP contribution in [0.5, 0.6) is 0 Å². The van der Waals surface area contributed by atoms with Crippen LogP contribution in [-0.2, 0) is 16.1 Å². The van der Waals surface area contributed by atoms with Crippen molar-refractivity contribution in [3.8, 4) is 0 Å². The van der Waals surface area contributed by atoms with Gasteiger partial charge in [0.05, 0.1) is 0 Å². The second kappa shape index (κ2) is 6.93. The van der Waals surface area contributed by atoms with Crippen LogP contribution >= 0.6 is 0 Å². The van der Waals surface area contributed by atoms with E-state index in [4.69, 9.17) is 4.74 Å². The van der Waals surface area contributed by atoms with Gasteiger partial charge in [0.15, 0.2) is 0 Å². The first-order valence-corrected chi connectivity index (χ1v) is 6.91. The Morgan fingerprint density at radius 2 is 2.10 bits per heavy atom. The number of carbonyl (C=O) groups is 2. The first-order chi connectivity index (χ1) is 9.66. The van der Waals surface area contributed by atoms with Crippen LogP contribution in [0.15, 0.2) is 30.3 Å². The molecule has 1 aromatic rings. The van der Waals surface area contributed by atoms with Gasteiger partial charge in [0.2, 0.25) is 5.91 Å². The molecule has 1 heterocycles. The van der Waals surface area contributed by atoms with Crippen molar-refractivity contribution in [2.24, 2.45) is 0 Å². The molecule has 1 atom stereocenters. The zero-order valence-corrected chi connectivity index (χ0v) is 11.7. The van der Waals surface area contributed by atoms with Crippen LogP contribution < -0.4 is 5.32 Å². The van der Waals surface area contributed by atoms with Crippen molar-refractivity contribution in [1.29, 1.82) is 0 Å². The minimum Gasteiger partial charge on any atom is -0.445 e. The maximum Gasteiger partial charge on any atom is 0.407 e. The molecule has 1 saturated heterocycles. The van der Waals surface area contributed by atoms with Gasteiger partial charge in [-0.15, -0.1) is 0 Å². The van der Waals surface area contributed by atoms with Gasteiger partial charge in [-0.2, -0.15) is 0 Å². The van der Waals surface area contributed by atoms with Crippen molar-refractivity contribution in [2.75, 3.05) is 13.1 Å². The lowest BCUT2D eigenvalue weighted by Gasteiger charge is -2.21. The van der Waals surface area contributed by atoms with E-state index in [1.165, 1.54) is 0 Å². The maximum atomic E-state index is 11.9. The van der Waals surface area contributed by atoms with E-state index in [2.05, 4.69) is 5.32 Å². The van der Waals surface area contributed by atoms with Crippen molar-refractivity contribution < 1.29 is 14.3 Å². The number of amides is 2. The number of hydrogen-bond acceptors (Lipinski definition) is 3. The second-order valence-electron chi connectivity index (χ2n) is 4.99. The van der Waals surface area contributed by atoms with Gasteiger partial charge in [0.1, 0.15) is 13.2 Å². The van der Waals surface area contributed by atoms with E-state index in [1.54, 1.807) is 4.90 Å². The van der Waals surface area contributed by atoms with E-state index in [9.17, 15) is 9.59 Å². The molecule has 5 nitrogen and oxygen atoms in total. The highest BCUT2D eigenvalue weighted by molar-refractivity contribution is 5.82. The van der Waals surface area contributed by atoms with Crippen LogP contribution in [0.3, 0.4) is 0 Å². The Hall–Kier alpha value is -2.04. The third-order valence-electron chi connectivity index (χ3n) is 3.47. The zero-order chi connectivity index (χ0) is 14.4. The third-order valence-corrected chi connectivity index (χ3v) is 3.47. The molecule has 0 saturated carbocycles. The van der Waals surface area contributed by atoms with Crippen molar-refractivity contribution in [1.82, 2.24) is 10.2 Å². The fraction of sp³-hybridized carbons (Fsp3) is 0.467. The molecule has 2 amide bonds. The van der Waals surface area contributed by atoms with Gasteiger partial charge in [0, 0.05) is 12.6 Å². The van der Waals surface area contributed by atoms with Gasteiger partial charge in [-0.1, -0.05) is 30.3 Å². The van der Waals surface area contributed by atoms with Crippen LogP contribution in [-0.4, -0.2) is 36.0 Å². The van der Waals surface area contributed by atoms with E-state index in [1.807, 2.05) is 37.3 Å². The van der Waals surface area contributed by atoms with E-state index in [-0.39, 0.29) is 25.1 Å². The number of nitrogens with one attached hydrogen (secondary N) is 1. The predicted octanol–water partition coefficient (Wildman–Crippen LogP) is 1.92. The first kappa shape index (κ1) is 14.4. The third kappa shape index (κ3) is 3.98. The molecule has 1 unspecified atom stereocenters. The van der Waals surface area contributed by atoms with Gasteiger partial charge in [-0.25, -0.2) is 4.79 Å². The summed E-state index contributed by atoms with van der Waals surface area (Å²) in [6.45, 7) is 3.01. The Morgan fingerprint density at radius 3 is 2.75 bits per heavy atom. The Kier molecular flexibility index (Phi) is 4.98. The van der Waals surface area contributed by atoms with Crippen molar-refractivity contribution in [3.05, 3.63) is 35.9 Å². The smallest absolute Gasteiger partial charge is 0.407 e. The normalized spacial score (nSPS) is 17.9. The molecule has 1 fully saturated rings. The molecule has 5 heteroatoms. The summed E-state index contributed by atoms with van der Waals surface area (Å²) in [6, 6.07) is 9.70. The number of nitrogens with zero attached hydrogens (tertiary/aromatic N) is 1. The number of rotatable bonds is 4. The monoisotopic (exact) mass is 276 g/mol. The lowest BCUT2D eigenvalue weighted by atomic mass is 10.2. The van der Waals surface area contributed by atoms with E-state index in [0.29, 0.717) is 0 Å². The van der Waals surface area contributed by atoms with Gasteiger partial charge in [0.25, 0.3) is 0 Å². The average molecular weight is 276 g/mol. The van der Waals surface area contributed by atoms with Crippen molar-refractivity contribution >= 4 is 12.0 Å². The topological polar surface area (TPSA) is 58.6 Å². The van der Waals surface area contributed by atoms with Crippen LogP contribution in [0.2, 0.25) is 0 Å². The quantitative estimate of drug-likeness (QED) is 0.914. The molecular weight excluding hydrogens is 256 g/mol. The second-order valence-corrected chi connectivity index (χ2v) is 4.99. The number of hydrogen-bond donors (Lipinski definition) is 1. The standard InChI is InChI=1S/C15H20N2O3/c1-12-6-5-9-17(12)14(18)10-16-15(19)20-11-13-7-3-2-4-8-13/h2-4,7-8,12H,5-6,9-11H2,1H3,(H,16,19). The molecule has 0 aliphatic carbocycles. The number of likely N-dealkylation sites (tertiary alicyclic amines) is 1. The van der Waals surface area contributed by atoms with Crippen molar-refractivity contribution in [3.63, 3.8) is 0 Å². The fourth-order valence-corrected chi connectivity index (χ4v) is 2.33. The summed E-state index contributed by atoms with van der Waals surface area (Å²) >= 11 is 0. The number of carbonyl (C=O) groups excluding carboxylic acids is 2. The Morgan fingerprint density at radius 1 is 1.35 bits per heavy atom. The Bertz CT molecular complexity index is 461. The Labute approximate surface area is 118 Å². The summed E-state index contributed by atoms with van der Waals surface area (Å²) in [5.41, 5.74) is 0.919. The molecule has 1 aliphatic rings. The summed E-state index contributed by atoms with van der Waals surface area (Å²) in [5, 5.41) is 2.50. The van der Waals surface area contributed by atoms with Gasteiger partial charge in [-0.3, -0.25) is 4.79 Å². The molecule has 20 heavy (non-hydrogen) atoms. The summed E-state index contributed by atoms with van der Waals surface area (Å²) in [7, 11) is 0. The molecule has 0 spiro atoms. The molecule has 108 valence electrons. The molecule has 1 N–H and O–H groups in total. The minimum atomic E-state index is -0.561. The predicted molar refractivity (Wildman–Crippen MR) is 75.0 cm³/mol. The van der Waals surface area contributed by atoms with Crippen LogP contribution in [0, 0.1) is 0 Å². The molecular formula is C15H20N2O3. The lowest BCUT2D eigenvalue weighted by molar-refractivity contribution is -0.130. The highest BCUT2D eigenvalue weighted by Gasteiger charge is 2.24. The SMILES string of the molecule is CC1CCCN1C(=O)CNC(=O)OCc1ccccc1. The molecule has 2 rings (SSSR count). The largest absolute Gasteiger partial charge is 0.445 e. The lowest BCUT2D eigenvalue weighted by Crippen LogP contribution is -2.41. The van der Waals surface area contributed by atoms with E-state index in [0.717, 1.165) is 24.9 Å². The highest BCUT2D eigenvalue weighted by atomic mass is 16.5. The number of ether oxygens (including phenoxy) is 1. The van der Waals surface area contributed by atoms with Crippen LogP contribution in [0.25, 0.3) is 0 Å².